The zero-order valence-electron chi connectivity index (χ0n) is 14.0. The molecule has 2 aliphatic heterocycles. The van der Waals surface area contributed by atoms with E-state index in [1.807, 2.05) is 18.2 Å². The van der Waals surface area contributed by atoms with Crippen LogP contribution in [0.4, 0.5) is 0 Å². The topological polar surface area (TPSA) is 41.6 Å². The zero-order chi connectivity index (χ0) is 17.2. The van der Waals surface area contributed by atoms with Gasteiger partial charge in [-0.15, -0.1) is 0 Å². The normalized spacial score (nSPS) is 24.8. The van der Waals surface area contributed by atoms with Crippen LogP contribution in [0.1, 0.15) is 23.2 Å². The average Bonchev–Trinajstić information content (AvgIpc) is 2.96. The van der Waals surface area contributed by atoms with E-state index in [-0.39, 0.29) is 11.9 Å². The van der Waals surface area contributed by atoms with Gasteiger partial charge >= 0.3 is 0 Å². The third-order valence-electron chi connectivity index (χ3n) is 4.98. The van der Waals surface area contributed by atoms with Crippen molar-refractivity contribution in [1.82, 2.24) is 10.2 Å². The van der Waals surface area contributed by atoms with Crippen molar-refractivity contribution in [2.75, 3.05) is 19.6 Å². The Kier molecular flexibility index (Phi) is 4.64. The second kappa shape index (κ2) is 7.06. The number of ether oxygens (including phenoxy) is 1. The number of carbonyl (C=O) groups excluding carboxylic acids is 1. The number of para-hydroxylation sites is 1. The molecular weight excluding hydrogens is 336 g/mol. The van der Waals surface area contributed by atoms with Crippen LogP contribution in [0.2, 0.25) is 5.02 Å². The maximum atomic E-state index is 12.5. The van der Waals surface area contributed by atoms with E-state index < -0.39 is 0 Å². The van der Waals surface area contributed by atoms with Crippen molar-refractivity contribution < 1.29 is 9.53 Å². The van der Waals surface area contributed by atoms with Crippen LogP contribution in [-0.4, -0.2) is 36.5 Å². The monoisotopic (exact) mass is 356 g/mol. The summed E-state index contributed by atoms with van der Waals surface area (Å²) >= 11 is 6.10. The summed E-state index contributed by atoms with van der Waals surface area (Å²) in [5, 5.41) is 3.73. The predicted octanol–water partition coefficient (Wildman–Crippen LogP) is 3.96. The molecule has 0 radical (unpaired) electrons. The number of fused-ring (bicyclic) bond motifs is 2. The van der Waals surface area contributed by atoms with Gasteiger partial charge in [0, 0.05) is 24.7 Å². The third kappa shape index (κ3) is 3.80. The van der Waals surface area contributed by atoms with Crippen LogP contribution in [0.15, 0.2) is 48.5 Å². The van der Waals surface area contributed by atoms with Crippen LogP contribution in [-0.2, 0) is 0 Å². The van der Waals surface area contributed by atoms with Gasteiger partial charge in [0.05, 0.1) is 5.02 Å². The van der Waals surface area contributed by atoms with Crippen LogP contribution in [0.3, 0.4) is 0 Å². The van der Waals surface area contributed by atoms with Gasteiger partial charge in [0.15, 0.2) is 0 Å². The Morgan fingerprint density at radius 3 is 2.68 bits per heavy atom. The first-order valence-electron chi connectivity index (χ1n) is 8.73. The first-order chi connectivity index (χ1) is 12.2. The SMILES string of the molecule is O=C(N[C@@H]1C[C@@H]2CCN(C2)C1)c1ccc(Oc2ccccc2Cl)cc1. The summed E-state index contributed by atoms with van der Waals surface area (Å²) < 4.78 is 5.76. The van der Waals surface area contributed by atoms with Crippen molar-refractivity contribution in [2.45, 2.75) is 18.9 Å². The van der Waals surface area contributed by atoms with Crippen molar-refractivity contribution in [2.24, 2.45) is 5.92 Å². The maximum absolute atomic E-state index is 12.5. The molecule has 2 aromatic carbocycles. The Hall–Kier alpha value is -2.04. The van der Waals surface area contributed by atoms with Crippen molar-refractivity contribution in [1.29, 1.82) is 0 Å². The van der Waals surface area contributed by atoms with Crippen molar-refractivity contribution >= 4 is 17.5 Å². The maximum Gasteiger partial charge on any atom is 0.251 e. The van der Waals surface area contributed by atoms with Crippen molar-refractivity contribution in [3.8, 4) is 11.5 Å². The summed E-state index contributed by atoms with van der Waals surface area (Å²) in [6.07, 6.45) is 2.36. The molecule has 2 heterocycles. The fraction of sp³-hybridized carbons (Fsp3) is 0.350. The lowest BCUT2D eigenvalue weighted by Gasteiger charge is -2.30. The first-order valence-corrected chi connectivity index (χ1v) is 9.11. The van der Waals surface area contributed by atoms with Crippen molar-refractivity contribution in [3.05, 3.63) is 59.1 Å². The largest absolute Gasteiger partial charge is 0.456 e. The molecule has 2 bridgehead atoms. The highest BCUT2D eigenvalue weighted by Gasteiger charge is 2.32. The standard InChI is InChI=1S/C20H21ClN2O2/c21-18-3-1-2-4-19(18)25-17-7-5-15(6-8-17)20(24)22-16-11-14-9-10-23(12-14)13-16/h1-8,14,16H,9-13H2,(H,22,24)/t14-,16+/m0/s1. The van der Waals surface area contributed by atoms with E-state index in [9.17, 15) is 4.79 Å². The average molecular weight is 357 g/mol. The molecule has 130 valence electrons. The van der Waals surface area contributed by atoms with Gasteiger partial charge in [-0.25, -0.2) is 0 Å². The summed E-state index contributed by atoms with van der Waals surface area (Å²) in [5.74, 6) is 1.99. The van der Waals surface area contributed by atoms with Crippen LogP contribution in [0.5, 0.6) is 11.5 Å². The fourth-order valence-corrected chi connectivity index (χ4v) is 3.94. The summed E-state index contributed by atoms with van der Waals surface area (Å²) in [4.78, 5) is 14.9. The smallest absolute Gasteiger partial charge is 0.251 e. The molecule has 1 N–H and O–H groups in total. The van der Waals surface area contributed by atoms with E-state index in [2.05, 4.69) is 10.2 Å². The number of hydrogen-bond acceptors (Lipinski definition) is 3. The molecule has 1 amide bonds. The Morgan fingerprint density at radius 1 is 1.12 bits per heavy atom. The zero-order valence-corrected chi connectivity index (χ0v) is 14.7. The molecule has 0 saturated carbocycles. The number of halogens is 1. The number of amides is 1. The molecule has 1 unspecified atom stereocenters. The highest BCUT2D eigenvalue weighted by molar-refractivity contribution is 6.32. The van der Waals surface area contributed by atoms with Crippen molar-refractivity contribution in [3.63, 3.8) is 0 Å². The Labute approximate surface area is 152 Å². The molecule has 0 aromatic heterocycles. The molecule has 2 aromatic rings. The van der Waals surface area contributed by atoms with Gasteiger partial charge in [-0.3, -0.25) is 4.79 Å². The van der Waals surface area contributed by atoms with E-state index in [1.165, 1.54) is 19.5 Å². The number of benzene rings is 2. The van der Waals surface area contributed by atoms with Crippen LogP contribution in [0, 0.1) is 5.92 Å². The number of carbonyl (C=O) groups is 1. The van der Waals surface area contributed by atoms with Gasteiger partial charge in [-0.1, -0.05) is 23.7 Å². The van der Waals surface area contributed by atoms with Gasteiger partial charge in [-0.05, 0) is 61.7 Å². The molecule has 2 aliphatic rings. The predicted molar refractivity (Wildman–Crippen MR) is 98.4 cm³/mol. The van der Waals surface area contributed by atoms with Gasteiger partial charge in [0.25, 0.3) is 5.91 Å². The Morgan fingerprint density at radius 2 is 1.92 bits per heavy atom. The molecule has 5 heteroatoms. The third-order valence-corrected chi connectivity index (χ3v) is 5.29. The fourth-order valence-electron chi connectivity index (χ4n) is 3.76. The number of piperidine rings is 1. The molecule has 25 heavy (non-hydrogen) atoms. The molecular formula is C20H21ClN2O2. The quantitative estimate of drug-likeness (QED) is 0.901. The summed E-state index contributed by atoms with van der Waals surface area (Å²) in [5.41, 5.74) is 0.652. The second-order valence-electron chi connectivity index (χ2n) is 6.88. The van der Waals surface area contributed by atoms with Gasteiger partial charge in [-0.2, -0.15) is 0 Å². The highest BCUT2D eigenvalue weighted by atomic mass is 35.5. The van der Waals surface area contributed by atoms with E-state index in [0.717, 1.165) is 18.9 Å². The second-order valence-corrected chi connectivity index (χ2v) is 7.28. The molecule has 4 rings (SSSR count). The summed E-state index contributed by atoms with van der Waals surface area (Å²) in [7, 11) is 0. The first kappa shape index (κ1) is 16.4. The van der Waals surface area contributed by atoms with Crippen LogP contribution >= 0.6 is 11.6 Å². The molecule has 4 nitrogen and oxygen atoms in total. The molecule has 2 saturated heterocycles. The Balaban J connectivity index is 1.38. The van der Waals surface area contributed by atoms with E-state index in [4.69, 9.17) is 16.3 Å². The number of rotatable bonds is 4. The molecule has 2 fully saturated rings. The van der Waals surface area contributed by atoms with E-state index in [0.29, 0.717) is 22.1 Å². The van der Waals surface area contributed by atoms with Gasteiger partial charge < -0.3 is 15.0 Å². The number of nitrogens with one attached hydrogen (secondary N) is 1. The number of nitrogens with zero attached hydrogens (tertiary/aromatic N) is 1. The van der Waals surface area contributed by atoms with E-state index in [1.54, 1.807) is 30.3 Å². The number of hydrogen-bond donors (Lipinski definition) is 1. The minimum absolute atomic E-state index is 0.0169. The molecule has 3 atom stereocenters. The minimum atomic E-state index is -0.0169. The Bertz CT molecular complexity index is 751. The van der Waals surface area contributed by atoms with Gasteiger partial charge in [0.2, 0.25) is 0 Å². The minimum Gasteiger partial charge on any atom is -0.456 e. The summed E-state index contributed by atoms with van der Waals surface area (Å²) in [6.45, 7) is 3.33. The van der Waals surface area contributed by atoms with E-state index >= 15 is 0 Å². The lowest BCUT2D eigenvalue weighted by molar-refractivity contribution is 0.0909. The lowest BCUT2D eigenvalue weighted by Crippen LogP contribution is -2.46. The highest BCUT2D eigenvalue weighted by Crippen LogP contribution is 2.29. The molecule has 0 aliphatic carbocycles. The van der Waals surface area contributed by atoms with Crippen LogP contribution < -0.4 is 10.1 Å². The molecule has 0 spiro atoms. The lowest BCUT2D eigenvalue weighted by atomic mass is 9.96. The summed E-state index contributed by atoms with van der Waals surface area (Å²) in [6, 6.07) is 14.8. The van der Waals surface area contributed by atoms with Crippen LogP contribution in [0.25, 0.3) is 0 Å². The van der Waals surface area contributed by atoms with Gasteiger partial charge in [0.1, 0.15) is 11.5 Å².